The summed E-state index contributed by atoms with van der Waals surface area (Å²) in [5, 5.41) is 10.8. The summed E-state index contributed by atoms with van der Waals surface area (Å²) in [6, 6.07) is 2.90. The first-order valence-corrected chi connectivity index (χ1v) is 6.15. The van der Waals surface area contributed by atoms with Crippen LogP contribution >= 0.6 is 11.6 Å². The van der Waals surface area contributed by atoms with Crippen molar-refractivity contribution >= 4 is 17.3 Å². The Bertz CT molecular complexity index is 427. The van der Waals surface area contributed by atoms with Crippen molar-refractivity contribution in [2.24, 2.45) is 5.92 Å². The van der Waals surface area contributed by atoms with Gasteiger partial charge in [0.25, 0.3) is 5.69 Å². The van der Waals surface area contributed by atoms with E-state index in [0.29, 0.717) is 11.6 Å². The van der Waals surface area contributed by atoms with Crippen LogP contribution < -0.4 is 4.74 Å². The minimum Gasteiger partial charge on any atom is -0.481 e. The summed E-state index contributed by atoms with van der Waals surface area (Å²) in [6.07, 6.45) is 0. The molecule has 0 amide bonds. The maximum Gasteiger partial charge on any atom is 0.291 e. The van der Waals surface area contributed by atoms with Crippen molar-refractivity contribution < 1.29 is 9.66 Å². The summed E-state index contributed by atoms with van der Waals surface area (Å²) in [7, 11) is 1.48. The van der Waals surface area contributed by atoms with E-state index in [4.69, 9.17) is 16.3 Å². The second-order valence-electron chi connectivity index (χ2n) is 4.46. The number of pyridine rings is 1. The highest BCUT2D eigenvalue weighted by Gasteiger charge is 2.30. The van der Waals surface area contributed by atoms with Crippen LogP contribution in [-0.4, -0.2) is 22.4 Å². The fourth-order valence-corrected chi connectivity index (χ4v) is 2.44. The lowest BCUT2D eigenvalue weighted by molar-refractivity contribution is -0.386. The average Bonchev–Trinajstić information content (AvgIpc) is 2.27. The maximum absolute atomic E-state index is 11.1. The van der Waals surface area contributed by atoms with Crippen molar-refractivity contribution in [2.75, 3.05) is 7.11 Å². The van der Waals surface area contributed by atoms with Crippen LogP contribution in [0.25, 0.3) is 0 Å². The smallest absolute Gasteiger partial charge is 0.291 e. The summed E-state index contributed by atoms with van der Waals surface area (Å²) < 4.78 is 5.02. The number of aromatic nitrogens is 1. The third-order valence-corrected chi connectivity index (χ3v) is 3.08. The largest absolute Gasteiger partial charge is 0.481 e. The molecule has 1 heterocycles. The van der Waals surface area contributed by atoms with Gasteiger partial charge in [-0.1, -0.05) is 13.8 Å². The third kappa shape index (κ3) is 3.10. The molecule has 0 bridgehead atoms. The van der Waals surface area contributed by atoms with Gasteiger partial charge in [0.15, 0.2) is 0 Å². The molecule has 0 aliphatic rings. The Morgan fingerprint density at radius 1 is 1.39 bits per heavy atom. The van der Waals surface area contributed by atoms with Crippen LogP contribution in [0.4, 0.5) is 5.69 Å². The number of halogens is 1. The molecule has 0 spiro atoms. The number of nitro groups is 1. The second kappa shape index (κ2) is 6.00. The Balaban J connectivity index is 3.37. The van der Waals surface area contributed by atoms with Crippen LogP contribution in [0.1, 0.15) is 32.4 Å². The van der Waals surface area contributed by atoms with Crippen LogP contribution in [0, 0.1) is 16.0 Å². The van der Waals surface area contributed by atoms with E-state index in [9.17, 15) is 10.1 Å². The minimum atomic E-state index is -0.434. The first kappa shape index (κ1) is 14.7. The van der Waals surface area contributed by atoms with Crippen LogP contribution in [-0.2, 0) is 0 Å². The van der Waals surface area contributed by atoms with E-state index in [1.54, 1.807) is 0 Å². The molecule has 1 aromatic heterocycles. The molecule has 0 saturated heterocycles. The molecule has 0 aromatic carbocycles. The van der Waals surface area contributed by atoms with E-state index in [1.165, 1.54) is 19.2 Å². The van der Waals surface area contributed by atoms with Gasteiger partial charge in [-0.25, -0.2) is 4.98 Å². The SMILES string of the molecule is COc1ccc([N+](=O)[O-])c(C(C(C)C)C(C)Cl)n1. The van der Waals surface area contributed by atoms with Gasteiger partial charge in [0.05, 0.1) is 12.0 Å². The second-order valence-corrected chi connectivity index (χ2v) is 5.15. The zero-order valence-electron chi connectivity index (χ0n) is 10.9. The van der Waals surface area contributed by atoms with E-state index >= 15 is 0 Å². The zero-order valence-corrected chi connectivity index (χ0v) is 11.6. The third-order valence-electron chi connectivity index (χ3n) is 2.81. The Morgan fingerprint density at radius 2 is 2.00 bits per heavy atom. The van der Waals surface area contributed by atoms with Crippen molar-refractivity contribution in [1.82, 2.24) is 4.98 Å². The summed E-state index contributed by atoms with van der Waals surface area (Å²) in [5.74, 6) is 0.316. The summed E-state index contributed by atoms with van der Waals surface area (Å²) in [6.45, 7) is 5.75. The lowest BCUT2D eigenvalue weighted by Gasteiger charge is -2.22. The maximum atomic E-state index is 11.1. The molecule has 0 aliphatic carbocycles. The Morgan fingerprint density at radius 3 is 2.39 bits per heavy atom. The highest BCUT2D eigenvalue weighted by atomic mass is 35.5. The molecular formula is C12H17ClN2O3. The molecule has 100 valence electrons. The van der Waals surface area contributed by atoms with Gasteiger partial charge < -0.3 is 4.74 Å². The van der Waals surface area contributed by atoms with Crippen molar-refractivity contribution in [3.05, 3.63) is 27.9 Å². The van der Waals surface area contributed by atoms with E-state index in [-0.39, 0.29) is 22.9 Å². The normalized spacial score (nSPS) is 14.3. The van der Waals surface area contributed by atoms with Crippen molar-refractivity contribution in [3.63, 3.8) is 0 Å². The van der Waals surface area contributed by atoms with Crippen molar-refractivity contribution in [3.8, 4) is 5.88 Å². The van der Waals surface area contributed by atoms with E-state index < -0.39 is 4.92 Å². The van der Waals surface area contributed by atoms with Gasteiger partial charge in [0, 0.05) is 23.4 Å². The van der Waals surface area contributed by atoms with Crippen LogP contribution in [0.3, 0.4) is 0 Å². The summed E-state index contributed by atoms with van der Waals surface area (Å²) in [4.78, 5) is 14.8. The standard InChI is InChI=1S/C12H17ClN2O3/c1-7(2)11(8(3)13)12-9(15(16)17)5-6-10(14-12)18-4/h5-8,11H,1-4H3. The predicted molar refractivity (Wildman–Crippen MR) is 70.3 cm³/mol. The minimum absolute atomic E-state index is 0.0120. The summed E-state index contributed by atoms with van der Waals surface area (Å²) >= 11 is 6.14. The number of rotatable bonds is 5. The molecule has 1 aromatic rings. The number of ether oxygens (including phenoxy) is 1. The van der Waals surface area contributed by atoms with Gasteiger partial charge in [-0.15, -0.1) is 11.6 Å². The molecule has 6 heteroatoms. The number of alkyl halides is 1. The van der Waals surface area contributed by atoms with Crippen molar-refractivity contribution in [1.29, 1.82) is 0 Å². The Kier molecular flexibility index (Phi) is 4.90. The predicted octanol–water partition coefficient (Wildman–Crippen LogP) is 3.37. The molecule has 0 N–H and O–H groups in total. The van der Waals surface area contributed by atoms with Gasteiger partial charge in [-0.2, -0.15) is 0 Å². The molecular weight excluding hydrogens is 256 g/mol. The molecule has 2 unspecified atom stereocenters. The summed E-state index contributed by atoms with van der Waals surface area (Å²) in [5.41, 5.74) is 0.374. The first-order chi connectivity index (χ1) is 8.38. The first-order valence-electron chi connectivity index (χ1n) is 5.71. The molecule has 0 fully saturated rings. The average molecular weight is 273 g/mol. The van der Waals surface area contributed by atoms with Crippen LogP contribution in [0.15, 0.2) is 12.1 Å². The monoisotopic (exact) mass is 272 g/mol. The van der Waals surface area contributed by atoms with Gasteiger partial charge in [0.1, 0.15) is 5.69 Å². The fraction of sp³-hybridized carbons (Fsp3) is 0.583. The van der Waals surface area contributed by atoms with Gasteiger partial charge >= 0.3 is 0 Å². The van der Waals surface area contributed by atoms with Crippen LogP contribution in [0.5, 0.6) is 5.88 Å². The zero-order chi connectivity index (χ0) is 13.9. The van der Waals surface area contributed by atoms with Crippen LogP contribution in [0.2, 0.25) is 0 Å². The number of nitrogens with zero attached hydrogens (tertiary/aromatic N) is 2. The number of hydrogen-bond acceptors (Lipinski definition) is 4. The number of hydrogen-bond donors (Lipinski definition) is 0. The molecule has 5 nitrogen and oxygen atoms in total. The van der Waals surface area contributed by atoms with Gasteiger partial charge in [-0.05, 0) is 12.8 Å². The Hall–Kier alpha value is -1.36. The highest BCUT2D eigenvalue weighted by Crippen LogP contribution is 2.36. The topological polar surface area (TPSA) is 65.3 Å². The highest BCUT2D eigenvalue weighted by molar-refractivity contribution is 6.20. The quantitative estimate of drug-likeness (QED) is 0.468. The van der Waals surface area contributed by atoms with Gasteiger partial charge in [-0.3, -0.25) is 10.1 Å². The lowest BCUT2D eigenvalue weighted by atomic mass is 9.88. The lowest BCUT2D eigenvalue weighted by Crippen LogP contribution is -2.19. The molecule has 18 heavy (non-hydrogen) atoms. The van der Waals surface area contributed by atoms with Gasteiger partial charge in [0.2, 0.25) is 5.88 Å². The van der Waals surface area contributed by atoms with E-state index in [2.05, 4.69) is 4.98 Å². The van der Waals surface area contributed by atoms with Crippen molar-refractivity contribution in [2.45, 2.75) is 32.1 Å². The molecule has 0 radical (unpaired) electrons. The number of methoxy groups -OCH3 is 1. The molecule has 1 rings (SSSR count). The van der Waals surface area contributed by atoms with E-state index in [0.717, 1.165) is 0 Å². The Labute approximate surface area is 111 Å². The molecule has 2 atom stereocenters. The molecule has 0 saturated carbocycles. The molecule has 0 aliphatic heterocycles. The fourth-order valence-electron chi connectivity index (χ4n) is 2.03. The van der Waals surface area contributed by atoms with E-state index in [1.807, 2.05) is 20.8 Å².